The number of hydrogen-bond acceptors (Lipinski definition) is 6. The molecule has 0 fully saturated rings. The van der Waals surface area contributed by atoms with Crippen molar-refractivity contribution in [1.29, 1.82) is 5.26 Å². The summed E-state index contributed by atoms with van der Waals surface area (Å²) in [5, 5.41) is 10.5. The van der Waals surface area contributed by atoms with Crippen LogP contribution in [0.25, 0.3) is 0 Å². The van der Waals surface area contributed by atoms with Crippen LogP contribution in [0.2, 0.25) is 0 Å². The monoisotopic (exact) mass is 390 g/mol. The average Bonchev–Trinajstić information content (AvgIpc) is 3.09. The highest BCUT2D eigenvalue weighted by Gasteiger charge is 2.49. The molecule has 138 valence electrons. The second kappa shape index (κ2) is 6.93. The minimum atomic E-state index is -4.52. The highest BCUT2D eigenvalue weighted by molar-refractivity contribution is 7.10. The minimum absolute atomic E-state index is 0.359. The molecule has 27 heavy (non-hydrogen) atoms. The van der Waals surface area contributed by atoms with E-state index in [4.69, 9.17) is 11.0 Å². The lowest BCUT2D eigenvalue weighted by Crippen LogP contribution is -2.45. The van der Waals surface area contributed by atoms with E-state index in [-0.39, 0.29) is 6.42 Å². The Morgan fingerprint density at radius 3 is 2.74 bits per heavy atom. The Morgan fingerprint density at radius 1 is 1.33 bits per heavy atom. The summed E-state index contributed by atoms with van der Waals surface area (Å²) in [6.07, 6.45) is -5.47. The van der Waals surface area contributed by atoms with Crippen molar-refractivity contribution in [3.8, 4) is 17.9 Å². The van der Waals surface area contributed by atoms with Gasteiger partial charge in [-0.15, -0.1) is 11.3 Å². The SMILES string of the molecule is C[C@@]1(c2cc(C#Cc3ccc(C#N)cn3)cs2)C[C@@H](C(F)(F)F)OC(N)=N1. The summed E-state index contributed by atoms with van der Waals surface area (Å²) >= 11 is 1.26. The standard InChI is InChI=1S/C18H13F3N4OS/c1-17(7-14(18(19,20)21)26-16(23)25-17)15-6-11(10-27-15)2-4-13-5-3-12(8-22)9-24-13/h3,5-6,9-10,14H,7H2,1H3,(H2,23,25)/t14-,17-/m0/s1. The number of aliphatic imine (C=N–C) groups is 1. The molecule has 0 saturated heterocycles. The lowest BCUT2D eigenvalue weighted by Gasteiger charge is -2.34. The molecule has 0 aliphatic carbocycles. The molecule has 2 aromatic heterocycles. The van der Waals surface area contributed by atoms with Gasteiger partial charge < -0.3 is 10.5 Å². The average molecular weight is 390 g/mol. The largest absolute Gasteiger partial charge is 0.452 e. The van der Waals surface area contributed by atoms with Crippen molar-refractivity contribution >= 4 is 17.4 Å². The van der Waals surface area contributed by atoms with Crippen molar-refractivity contribution in [3.63, 3.8) is 0 Å². The predicted octanol–water partition coefficient (Wildman–Crippen LogP) is 3.30. The zero-order valence-corrected chi connectivity index (χ0v) is 14.9. The fourth-order valence-corrected chi connectivity index (χ4v) is 3.51. The molecule has 0 saturated carbocycles. The summed E-state index contributed by atoms with van der Waals surface area (Å²) in [6, 6.07) is 6.41. The van der Waals surface area contributed by atoms with Gasteiger partial charge >= 0.3 is 6.18 Å². The van der Waals surface area contributed by atoms with Crippen molar-refractivity contribution in [1.82, 2.24) is 4.98 Å². The number of nitriles is 1. The molecular weight excluding hydrogens is 377 g/mol. The Labute approximate surface area is 157 Å². The molecule has 1 aliphatic rings. The first-order valence-electron chi connectivity index (χ1n) is 7.75. The van der Waals surface area contributed by atoms with Gasteiger partial charge in [-0.05, 0) is 31.0 Å². The zero-order valence-electron chi connectivity index (χ0n) is 14.0. The Morgan fingerprint density at radius 2 is 2.11 bits per heavy atom. The molecule has 0 radical (unpaired) electrons. The molecule has 0 unspecified atom stereocenters. The highest BCUT2D eigenvalue weighted by Crippen LogP contribution is 2.41. The maximum atomic E-state index is 13.1. The van der Waals surface area contributed by atoms with E-state index in [1.165, 1.54) is 17.5 Å². The van der Waals surface area contributed by atoms with Gasteiger partial charge in [0, 0.05) is 28.4 Å². The topological polar surface area (TPSA) is 84.3 Å². The van der Waals surface area contributed by atoms with E-state index >= 15 is 0 Å². The van der Waals surface area contributed by atoms with E-state index in [0.717, 1.165) is 0 Å². The van der Waals surface area contributed by atoms with E-state index in [1.54, 1.807) is 30.5 Å². The van der Waals surface area contributed by atoms with Crippen LogP contribution in [0, 0.1) is 23.2 Å². The molecule has 0 amide bonds. The van der Waals surface area contributed by atoms with Crippen LogP contribution in [0.5, 0.6) is 0 Å². The van der Waals surface area contributed by atoms with E-state index in [2.05, 4.69) is 26.6 Å². The number of nitrogens with two attached hydrogens (primary N) is 1. The van der Waals surface area contributed by atoms with Crippen molar-refractivity contribution in [2.45, 2.75) is 31.2 Å². The van der Waals surface area contributed by atoms with Crippen LogP contribution < -0.4 is 5.73 Å². The molecule has 9 heteroatoms. The van der Waals surface area contributed by atoms with Gasteiger partial charge in [0.2, 0.25) is 0 Å². The maximum Gasteiger partial charge on any atom is 0.425 e. The van der Waals surface area contributed by atoms with E-state index in [9.17, 15) is 13.2 Å². The number of aromatic nitrogens is 1. The van der Waals surface area contributed by atoms with Gasteiger partial charge in [0.25, 0.3) is 6.02 Å². The summed E-state index contributed by atoms with van der Waals surface area (Å²) in [5.74, 6) is 5.76. The van der Waals surface area contributed by atoms with E-state index in [1.807, 2.05) is 6.07 Å². The van der Waals surface area contributed by atoms with Crippen LogP contribution in [-0.2, 0) is 10.3 Å². The van der Waals surface area contributed by atoms with Crippen molar-refractivity contribution in [2.24, 2.45) is 10.7 Å². The van der Waals surface area contributed by atoms with Crippen LogP contribution in [0.4, 0.5) is 13.2 Å². The van der Waals surface area contributed by atoms with Gasteiger partial charge in [0.05, 0.1) is 5.56 Å². The summed E-state index contributed by atoms with van der Waals surface area (Å²) < 4.78 is 43.8. The van der Waals surface area contributed by atoms with Crippen LogP contribution in [0.1, 0.15) is 35.0 Å². The molecular formula is C18H13F3N4OS. The molecule has 1 aliphatic heterocycles. The number of thiophene rings is 1. The molecule has 0 spiro atoms. The summed E-state index contributed by atoms with van der Waals surface area (Å²) in [6.45, 7) is 1.59. The van der Waals surface area contributed by atoms with Gasteiger partial charge in [-0.3, -0.25) is 0 Å². The molecule has 3 heterocycles. The first kappa shape index (κ1) is 18.7. The Kier molecular flexibility index (Phi) is 4.81. The van der Waals surface area contributed by atoms with Gasteiger partial charge in [-0.25, -0.2) is 9.98 Å². The minimum Gasteiger partial charge on any atom is -0.452 e. The molecule has 0 bridgehead atoms. The fourth-order valence-electron chi connectivity index (χ4n) is 2.56. The van der Waals surface area contributed by atoms with Gasteiger partial charge in [0.15, 0.2) is 6.10 Å². The van der Waals surface area contributed by atoms with Crippen LogP contribution in [-0.4, -0.2) is 23.3 Å². The molecule has 2 N–H and O–H groups in total. The molecule has 0 aromatic carbocycles. The second-order valence-corrected chi connectivity index (χ2v) is 6.98. The van der Waals surface area contributed by atoms with Gasteiger partial charge in [-0.1, -0.05) is 5.92 Å². The van der Waals surface area contributed by atoms with Crippen molar-refractivity contribution in [2.75, 3.05) is 0 Å². The highest BCUT2D eigenvalue weighted by atomic mass is 32.1. The first-order chi connectivity index (χ1) is 12.7. The number of halogens is 3. The number of ether oxygens (including phenoxy) is 1. The Balaban J connectivity index is 1.84. The summed E-state index contributed by atoms with van der Waals surface area (Å²) in [5.41, 5.74) is 5.88. The number of hydrogen-bond donors (Lipinski definition) is 1. The van der Waals surface area contributed by atoms with Crippen molar-refractivity contribution in [3.05, 3.63) is 51.5 Å². The fraction of sp³-hybridized carbons (Fsp3) is 0.278. The number of pyridine rings is 1. The zero-order chi connectivity index (χ0) is 19.7. The number of rotatable bonds is 1. The third kappa shape index (κ3) is 4.21. The Hall–Kier alpha value is -3.04. The van der Waals surface area contributed by atoms with E-state index < -0.39 is 23.8 Å². The lowest BCUT2D eigenvalue weighted by atomic mass is 9.91. The summed E-state index contributed by atoms with van der Waals surface area (Å²) in [7, 11) is 0. The molecule has 2 atom stereocenters. The lowest BCUT2D eigenvalue weighted by molar-refractivity contribution is -0.208. The third-order valence-corrected chi connectivity index (χ3v) is 5.11. The van der Waals surface area contributed by atoms with Crippen LogP contribution in [0.3, 0.4) is 0 Å². The maximum absolute atomic E-state index is 13.1. The van der Waals surface area contributed by atoms with Crippen LogP contribution in [0.15, 0.2) is 34.8 Å². The second-order valence-electron chi connectivity index (χ2n) is 6.07. The molecule has 3 rings (SSSR count). The summed E-state index contributed by atoms with van der Waals surface area (Å²) in [4.78, 5) is 8.75. The number of alkyl halides is 3. The smallest absolute Gasteiger partial charge is 0.425 e. The van der Waals surface area contributed by atoms with Gasteiger partial charge in [0.1, 0.15) is 17.3 Å². The van der Waals surface area contributed by atoms with Gasteiger partial charge in [-0.2, -0.15) is 18.4 Å². The molecule has 5 nitrogen and oxygen atoms in total. The first-order valence-corrected chi connectivity index (χ1v) is 8.63. The van der Waals surface area contributed by atoms with E-state index in [0.29, 0.717) is 21.7 Å². The third-order valence-electron chi connectivity index (χ3n) is 3.93. The Bertz CT molecular complexity index is 979. The number of amidine groups is 1. The quantitative estimate of drug-likeness (QED) is 0.758. The predicted molar refractivity (Wildman–Crippen MR) is 93.8 cm³/mol. The van der Waals surface area contributed by atoms with Crippen molar-refractivity contribution < 1.29 is 17.9 Å². The normalized spacial score (nSPS) is 22.0. The molecule has 2 aromatic rings. The van der Waals surface area contributed by atoms with Crippen LogP contribution >= 0.6 is 11.3 Å². The number of nitrogens with zero attached hydrogens (tertiary/aromatic N) is 3.